The van der Waals surface area contributed by atoms with Crippen LogP contribution in [0, 0.1) is 0 Å². The molecule has 2 aromatic carbocycles. The summed E-state index contributed by atoms with van der Waals surface area (Å²) in [5.41, 5.74) is 3.00. The molecule has 0 aliphatic heterocycles. The van der Waals surface area contributed by atoms with Crippen LogP contribution < -0.4 is 5.32 Å². The maximum atomic E-state index is 4.46. The molecule has 23 heavy (non-hydrogen) atoms. The molecule has 1 N–H and O–H groups in total. The van der Waals surface area contributed by atoms with Gasteiger partial charge in [-0.2, -0.15) is 4.68 Å². The van der Waals surface area contributed by atoms with Crippen LogP contribution in [0.1, 0.15) is 5.56 Å². The first-order chi connectivity index (χ1) is 11.4. The molecule has 0 unspecified atom stereocenters. The highest BCUT2D eigenvalue weighted by Gasteiger charge is 2.08. The average Bonchev–Trinajstić information content (AvgIpc) is 3.09. The van der Waals surface area contributed by atoms with Crippen molar-refractivity contribution in [3.05, 3.63) is 72.4 Å². The summed E-state index contributed by atoms with van der Waals surface area (Å²) in [5, 5.41) is 16.3. The molecule has 0 spiro atoms. The molecule has 4 aromatic rings. The number of hydrogen-bond acceptors (Lipinski definition) is 5. The van der Waals surface area contributed by atoms with Crippen LogP contribution in [0.5, 0.6) is 0 Å². The molecule has 4 rings (SSSR count). The fourth-order valence-corrected chi connectivity index (χ4v) is 2.52. The second-order valence-corrected chi connectivity index (χ2v) is 5.10. The third kappa shape index (κ3) is 2.62. The predicted molar refractivity (Wildman–Crippen MR) is 88.2 cm³/mol. The Kier molecular flexibility index (Phi) is 3.40. The number of tetrazole rings is 1. The number of anilines is 1. The molecule has 0 bridgehead atoms. The third-order valence-electron chi connectivity index (χ3n) is 3.62. The van der Waals surface area contributed by atoms with E-state index in [0.29, 0.717) is 12.5 Å². The standard InChI is InChI=1S/C17H14N6/c1-2-9-15(10-3-1)23-17(20-21-22-23)19-12-14-7-4-6-13-8-5-11-18-16(13)14/h1-11H,12H2,(H,19,20,22). The fraction of sp³-hybridized carbons (Fsp3) is 0.0588. The molecular formula is C17H14N6. The number of para-hydroxylation sites is 2. The zero-order valence-corrected chi connectivity index (χ0v) is 12.3. The van der Waals surface area contributed by atoms with Crippen molar-refractivity contribution in [2.24, 2.45) is 0 Å². The van der Waals surface area contributed by atoms with Crippen molar-refractivity contribution in [2.75, 3.05) is 5.32 Å². The fourth-order valence-electron chi connectivity index (χ4n) is 2.52. The van der Waals surface area contributed by atoms with Crippen LogP contribution in [-0.2, 0) is 6.54 Å². The molecule has 0 saturated heterocycles. The highest BCUT2D eigenvalue weighted by atomic mass is 15.6. The van der Waals surface area contributed by atoms with Crippen LogP contribution in [0.15, 0.2) is 66.9 Å². The number of hydrogen-bond donors (Lipinski definition) is 1. The van der Waals surface area contributed by atoms with E-state index in [0.717, 1.165) is 22.2 Å². The molecule has 2 aromatic heterocycles. The lowest BCUT2D eigenvalue weighted by Crippen LogP contribution is -2.08. The normalized spacial score (nSPS) is 10.8. The van der Waals surface area contributed by atoms with Crippen molar-refractivity contribution in [3.63, 3.8) is 0 Å². The van der Waals surface area contributed by atoms with E-state index in [4.69, 9.17) is 0 Å². The number of nitrogens with one attached hydrogen (secondary N) is 1. The Morgan fingerprint density at radius 2 is 1.78 bits per heavy atom. The lowest BCUT2D eigenvalue weighted by Gasteiger charge is -2.08. The van der Waals surface area contributed by atoms with Gasteiger partial charge in [0.25, 0.3) is 0 Å². The van der Waals surface area contributed by atoms with Gasteiger partial charge in [-0.1, -0.05) is 47.6 Å². The third-order valence-corrected chi connectivity index (χ3v) is 3.62. The highest BCUT2D eigenvalue weighted by Crippen LogP contribution is 2.17. The van der Waals surface area contributed by atoms with Crippen LogP contribution in [-0.4, -0.2) is 25.2 Å². The van der Waals surface area contributed by atoms with E-state index in [1.807, 2.05) is 42.5 Å². The molecule has 6 heteroatoms. The van der Waals surface area contributed by atoms with E-state index < -0.39 is 0 Å². The maximum absolute atomic E-state index is 4.46. The van der Waals surface area contributed by atoms with Gasteiger partial charge < -0.3 is 5.32 Å². The number of benzene rings is 2. The Morgan fingerprint density at radius 1 is 0.913 bits per heavy atom. The van der Waals surface area contributed by atoms with Crippen LogP contribution in [0.2, 0.25) is 0 Å². The van der Waals surface area contributed by atoms with Gasteiger partial charge in [-0.3, -0.25) is 4.98 Å². The van der Waals surface area contributed by atoms with Crippen LogP contribution in [0.25, 0.3) is 16.6 Å². The summed E-state index contributed by atoms with van der Waals surface area (Å²) in [4.78, 5) is 4.46. The van der Waals surface area contributed by atoms with E-state index in [1.165, 1.54) is 0 Å². The zero-order chi connectivity index (χ0) is 15.5. The SMILES string of the molecule is c1ccc(-n2nnnc2NCc2cccc3cccnc23)cc1. The molecule has 112 valence electrons. The summed E-state index contributed by atoms with van der Waals surface area (Å²) in [6.07, 6.45) is 1.81. The summed E-state index contributed by atoms with van der Waals surface area (Å²) < 4.78 is 1.68. The minimum Gasteiger partial charge on any atom is -0.349 e. The summed E-state index contributed by atoms with van der Waals surface area (Å²) in [6.45, 7) is 0.599. The molecule has 0 amide bonds. The number of aromatic nitrogens is 5. The maximum Gasteiger partial charge on any atom is 0.248 e. The van der Waals surface area contributed by atoms with E-state index in [-0.39, 0.29) is 0 Å². The quantitative estimate of drug-likeness (QED) is 0.628. The Morgan fingerprint density at radius 3 is 2.70 bits per heavy atom. The largest absolute Gasteiger partial charge is 0.349 e. The second-order valence-electron chi connectivity index (χ2n) is 5.10. The molecule has 0 atom stereocenters. The number of fused-ring (bicyclic) bond motifs is 1. The van der Waals surface area contributed by atoms with Gasteiger partial charge in [0.15, 0.2) is 0 Å². The summed E-state index contributed by atoms with van der Waals surface area (Å²) in [7, 11) is 0. The van der Waals surface area contributed by atoms with Gasteiger partial charge in [0.2, 0.25) is 5.95 Å². The van der Waals surface area contributed by atoms with Gasteiger partial charge >= 0.3 is 0 Å². The Hall–Kier alpha value is -3.28. The first kappa shape index (κ1) is 13.4. The van der Waals surface area contributed by atoms with Gasteiger partial charge in [-0.25, -0.2) is 0 Å². The van der Waals surface area contributed by atoms with Crippen molar-refractivity contribution >= 4 is 16.9 Å². The molecule has 0 aliphatic carbocycles. The highest BCUT2D eigenvalue weighted by molar-refractivity contribution is 5.81. The predicted octanol–water partition coefficient (Wildman–Crippen LogP) is 2.82. The molecule has 0 fully saturated rings. The van der Waals surface area contributed by atoms with E-state index >= 15 is 0 Å². The zero-order valence-electron chi connectivity index (χ0n) is 12.3. The van der Waals surface area contributed by atoms with E-state index in [1.54, 1.807) is 10.9 Å². The van der Waals surface area contributed by atoms with Crippen LogP contribution >= 0.6 is 0 Å². The molecule has 2 heterocycles. The lowest BCUT2D eigenvalue weighted by molar-refractivity contribution is 0.789. The summed E-state index contributed by atoms with van der Waals surface area (Å²) in [5.74, 6) is 0.601. The van der Waals surface area contributed by atoms with E-state index in [2.05, 4.69) is 44.0 Å². The van der Waals surface area contributed by atoms with E-state index in [9.17, 15) is 0 Å². The second kappa shape index (κ2) is 5.84. The minimum atomic E-state index is 0.599. The van der Waals surface area contributed by atoms with Crippen molar-refractivity contribution in [2.45, 2.75) is 6.54 Å². The first-order valence-electron chi connectivity index (χ1n) is 7.32. The molecule has 0 saturated carbocycles. The number of pyridine rings is 1. The monoisotopic (exact) mass is 302 g/mol. The van der Waals surface area contributed by atoms with Crippen LogP contribution in [0.3, 0.4) is 0 Å². The van der Waals surface area contributed by atoms with Crippen molar-refractivity contribution in [1.82, 2.24) is 25.2 Å². The molecule has 6 nitrogen and oxygen atoms in total. The van der Waals surface area contributed by atoms with Gasteiger partial charge in [-0.15, -0.1) is 0 Å². The lowest BCUT2D eigenvalue weighted by atomic mass is 10.1. The number of nitrogens with zero attached hydrogens (tertiary/aromatic N) is 5. The Balaban J connectivity index is 1.62. The Labute approximate surface area is 132 Å². The minimum absolute atomic E-state index is 0.599. The van der Waals surface area contributed by atoms with Gasteiger partial charge in [0.1, 0.15) is 0 Å². The van der Waals surface area contributed by atoms with Gasteiger partial charge in [0, 0.05) is 18.1 Å². The van der Waals surface area contributed by atoms with Crippen molar-refractivity contribution in [3.8, 4) is 5.69 Å². The van der Waals surface area contributed by atoms with Crippen LogP contribution in [0.4, 0.5) is 5.95 Å². The molecular weight excluding hydrogens is 288 g/mol. The Bertz CT molecular complexity index is 927. The molecule has 0 radical (unpaired) electrons. The molecule has 0 aliphatic rings. The van der Waals surface area contributed by atoms with Crippen molar-refractivity contribution < 1.29 is 0 Å². The van der Waals surface area contributed by atoms with Crippen molar-refractivity contribution in [1.29, 1.82) is 0 Å². The van der Waals surface area contributed by atoms with Gasteiger partial charge in [0.05, 0.1) is 11.2 Å². The summed E-state index contributed by atoms with van der Waals surface area (Å²) in [6, 6.07) is 19.9. The van der Waals surface area contributed by atoms with Gasteiger partial charge in [-0.05, 0) is 34.2 Å². The average molecular weight is 302 g/mol. The summed E-state index contributed by atoms with van der Waals surface area (Å²) >= 11 is 0. The first-order valence-corrected chi connectivity index (χ1v) is 7.32. The smallest absolute Gasteiger partial charge is 0.248 e. The number of rotatable bonds is 4. The topological polar surface area (TPSA) is 68.5 Å².